The van der Waals surface area contributed by atoms with Gasteiger partial charge in [-0.1, -0.05) is 0 Å². The Hall–Kier alpha value is -3.35. The first-order valence-electron chi connectivity index (χ1n) is 9.49. The summed E-state index contributed by atoms with van der Waals surface area (Å²) in [5.41, 5.74) is 8.87. The van der Waals surface area contributed by atoms with Gasteiger partial charge in [0.1, 0.15) is 11.9 Å². The highest BCUT2D eigenvalue weighted by Gasteiger charge is 2.23. The lowest BCUT2D eigenvalue weighted by molar-refractivity contribution is 0.465. The van der Waals surface area contributed by atoms with Gasteiger partial charge in [-0.05, 0) is 67.0 Å². The predicted molar refractivity (Wildman–Crippen MR) is 121 cm³/mol. The van der Waals surface area contributed by atoms with Gasteiger partial charge in [-0.2, -0.15) is 5.26 Å². The summed E-state index contributed by atoms with van der Waals surface area (Å²) in [6, 6.07) is 10.5. The summed E-state index contributed by atoms with van der Waals surface area (Å²) in [6.07, 6.45) is 4.89. The van der Waals surface area contributed by atoms with Crippen molar-refractivity contribution in [2.45, 2.75) is 26.3 Å². The third-order valence-corrected chi connectivity index (χ3v) is 5.07. The summed E-state index contributed by atoms with van der Waals surface area (Å²) < 4.78 is 16.3. The van der Waals surface area contributed by atoms with Crippen molar-refractivity contribution >= 4 is 32.5 Å². The number of nitrogens with one attached hydrogen (secondary N) is 2. The number of pyridine rings is 1. The fourth-order valence-corrected chi connectivity index (χ4v) is 3.45. The smallest absolute Gasteiger partial charge is 0.234 e. The Kier molecular flexibility index (Phi) is 5.43. The third kappa shape index (κ3) is 4.13. The van der Waals surface area contributed by atoms with Gasteiger partial charge in [0.05, 0.1) is 38.8 Å². The minimum atomic E-state index is -0.456. The zero-order valence-electron chi connectivity index (χ0n) is 17.1. The second kappa shape index (κ2) is 8.06. The van der Waals surface area contributed by atoms with Crippen LogP contribution in [0.15, 0.2) is 53.4 Å². The maximum absolute atomic E-state index is 14.3. The number of anilines is 1. The molecule has 0 radical (unpaired) electrons. The molecule has 3 aromatic heterocycles. The first-order valence-corrected chi connectivity index (χ1v) is 10.3. The maximum Gasteiger partial charge on any atom is 0.234 e. The molecule has 0 unspecified atom stereocenters. The van der Waals surface area contributed by atoms with Crippen LogP contribution in [-0.4, -0.2) is 25.1 Å². The van der Waals surface area contributed by atoms with Gasteiger partial charge in [-0.15, -0.1) is 0 Å². The van der Waals surface area contributed by atoms with E-state index in [0.29, 0.717) is 33.8 Å². The quantitative estimate of drug-likeness (QED) is 0.401. The molecular formula is C22H19BrFN7. The van der Waals surface area contributed by atoms with E-state index in [9.17, 15) is 9.65 Å². The van der Waals surface area contributed by atoms with Gasteiger partial charge in [0.15, 0.2) is 0 Å². The van der Waals surface area contributed by atoms with Crippen LogP contribution < -0.4 is 10.9 Å². The lowest BCUT2D eigenvalue weighted by Crippen LogP contribution is -2.40. The summed E-state index contributed by atoms with van der Waals surface area (Å²) in [5.74, 6) is -0.0941. The van der Waals surface area contributed by atoms with Crippen molar-refractivity contribution in [1.29, 1.82) is 5.26 Å². The Morgan fingerprint density at radius 3 is 2.48 bits per heavy atom. The van der Waals surface area contributed by atoms with E-state index in [4.69, 9.17) is 0 Å². The molecule has 1 aromatic carbocycles. The van der Waals surface area contributed by atoms with Crippen LogP contribution in [0.4, 0.5) is 10.1 Å². The van der Waals surface area contributed by atoms with Crippen LogP contribution in [0, 0.1) is 17.1 Å². The van der Waals surface area contributed by atoms with Gasteiger partial charge in [-0.25, -0.2) is 19.8 Å². The fourth-order valence-electron chi connectivity index (χ4n) is 3.12. The Morgan fingerprint density at radius 2 is 1.87 bits per heavy atom. The first kappa shape index (κ1) is 20.9. The Bertz CT molecular complexity index is 1290. The molecule has 31 heavy (non-hydrogen) atoms. The van der Waals surface area contributed by atoms with E-state index in [-0.39, 0.29) is 10.0 Å². The van der Waals surface area contributed by atoms with Gasteiger partial charge in [-0.3, -0.25) is 9.55 Å². The summed E-state index contributed by atoms with van der Waals surface area (Å²) in [6.45, 7) is 6.11. The number of benzene rings is 1. The van der Waals surface area contributed by atoms with Crippen molar-refractivity contribution in [1.82, 2.24) is 24.9 Å². The van der Waals surface area contributed by atoms with Crippen LogP contribution in [0.5, 0.6) is 0 Å². The number of nitrogens with zero attached hydrogens (tertiary/aromatic N) is 5. The zero-order chi connectivity index (χ0) is 22.2. The Labute approximate surface area is 187 Å². The van der Waals surface area contributed by atoms with Gasteiger partial charge < -0.3 is 5.43 Å². The first-order chi connectivity index (χ1) is 14.8. The van der Waals surface area contributed by atoms with Gasteiger partial charge >= 0.3 is 0 Å². The van der Waals surface area contributed by atoms with Crippen molar-refractivity contribution < 1.29 is 4.39 Å². The normalized spacial score (nSPS) is 11.5. The molecule has 3 heterocycles. The molecular weight excluding hydrogens is 461 g/mol. The summed E-state index contributed by atoms with van der Waals surface area (Å²) in [7, 11) is 0. The Morgan fingerprint density at radius 1 is 1.13 bits per heavy atom. The third-order valence-electron chi connectivity index (χ3n) is 4.46. The lowest BCUT2D eigenvalue weighted by Gasteiger charge is -2.21. The van der Waals surface area contributed by atoms with Gasteiger partial charge in [0.2, 0.25) is 5.95 Å². The molecule has 0 bridgehead atoms. The van der Waals surface area contributed by atoms with Crippen LogP contribution in [0.1, 0.15) is 26.3 Å². The highest BCUT2D eigenvalue weighted by Crippen LogP contribution is 2.36. The van der Waals surface area contributed by atoms with Crippen LogP contribution in [0.3, 0.4) is 0 Å². The van der Waals surface area contributed by atoms with E-state index in [1.165, 1.54) is 6.07 Å². The van der Waals surface area contributed by atoms with Crippen molar-refractivity contribution in [3.8, 4) is 23.4 Å². The molecule has 9 heteroatoms. The number of aromatic nitrogens is 4. The van der Waals surface area contributed by atoms with Crippen molar-refractivity contribution in [2.75, 3.05) is 5.43 Å². The zero-order valence-corrected chi connectivity index (χ0v) is 18.7. The van der Waals surface area contributed by atoms with E-state index in [2.05, 4.69) is 47.8 Å². The minimum absolute atomic E-state index is 0.124. The maximum atomic E-state index is 14.3. The molecule has 0 saturated carbocycles. The van der Waals surface area contributed by atoms with Crippen LogP contribution in [0.2, 0.25) is 0 Å². The van der Waals surface area contributed by atoms with E-state index in [0.717, 1.165) is 5.69 Å². The van der Waals surface area contributed by atoms with Crippen molar-refractivity contribution in [3.63, 3.8) is 0 Å². The van der Waals surface area contributed by atoms with Gasteiger partial charge in [0, 0.05) is 23.3 Å². The largest absolute Gasteiger partial charge is 0.319 e. The Balaban J connectivity index is 1.92. The number of hydrogen-bond donors (Lipinski definition) is 2. The summed E-state index contributed by atoms with van der Waals surface area (Å²) in [4.78, 5) is 13.2. The molecule has 2 N–H and O–H groups in total. The topological polar surface area (TPSA) is 91.4 Å². The average Bonchev–Trinajstić information content (AvgIpc) is 3.06. The predicted octanol–water partition coefficient (Wildman–Crippen LogP) is 4.97. The molecule has 0 spiro atoms. The highest BCUT2D eigenvalue weighted by atomic mass is 79.9. The minimum Gasteiger partial charge on any atom is -0.319 e. The molecule has 156 valence electrons. The van der Waals surface area contributed by atoms with Gasteiger partial charge in [0.25, 0.3) is 0 Å². The van der Waals surface area contributed by atoms with E-state index >= 15 is 0 Å². The van der Waals surface area contributed by atoms with Crippen LogP contribution in [0.25, 0.3) is 28.2 Å². The SMILES string of the molecule is CC(C)(C)NNc1ccc(-c2c(C#N)c3cc(F)c(Br)cc3n2-c2ncccn2)nc1. The molecule has 0 fully saturated rings. The average molecular weight is 480 g/mol. The van der Waals surface area contributed by atoms with E-state index in [1.54, 1.807) is 41.4 Å². The standard InChI is InChI=1S/C22H19BrFN7/c1-22(2,3)30-29-13-5-6-18(28-12-13)20-15(11-25)14-9-17(24)16(23)10-19(14)31(20)21-26-7-4-8-27-21/h4-10,12,29-30H,1-3H3. The number of rotatable bonds is 4. The molecule has 0 amide bonds. The molecule has 0 atom stereocenters. The highest BCUT2D eigenvalue weighted by molar-refractivity contribution is 9.10. The van der Waals surface area contributed by atoms with E-state index in [1.807, 2.05) is 26.8 Å². The fraction of sp³-hybridized carbons (Fsp3) is 0.182. The second-order valence-corrected chi connectivity index (χ2v) is 8.79. The van der Waals surface area contributed by atoms with E-state index < -0.39 is 5.82 Å². The molecule has 0 aliphatic carbocycles. The lowest BCUT2D eigenvalue weighted by atomic mass is 10.1. The molecule has 4 rings (SSSR count). The van der Waals surface area contributed by atoms with Crippen molar-refractivity contribution in [3.05, 3.63) is 64.8 Å². The number of nitriles is 1. The summed E-state index contributed by atoms with van der Waals surface area (Å²) >= 11 is 3.23. The number of fused-ring (bicyclic) bond motifs is 1. The summed E-state index contributed by atoms with van der Waals surface area (Å²) in [5, 5.41) is 10.4. The number of halogens is 2. The van der Waals surface area contributed by atoms with Crippen LogP contribution >= 0.6 is 15.9 Å². The monoisotopic (exact) mass is 479 g/mol. The molecule has 4 aromatic rings. The second-order valence-electron chi connectivity index (χ2n) is 7.94. The van der Waals surface area contributed by atoms with Crippen LogP contribution in [-0.2, 0) is 0 Å². The number of hydrazine groups is 1. The van der Waals surface area contributed by atoms with Crippen molar-refractivity contribution in [2.24, 2.45) is 0 Å². The molecule has 7 nitrogen and oxygen atoms in total. The molecule has 0 aliphatic heterocycles. The molecule has 0 aliphatic rings. The number of hydrogen-bond acceptors (Lipinski definition) is 6. The molecule has 0 saturated heterocycles.